The summed E-state index contributed by atoms with van der Waals surface area (Å²) in [5.74, 6) is 0. The van der Waals surface area contributed by atoms with E-state index in [0.29, 0.717) is 6.42 Å². The highest BCUT2D eigenvalue weighted by Crippen LogP contribution is 2.23. The fourth-order valence-corrected chi connectivity index (χ4v) is 1.81. The fourth-order valence-electron chi connectivity index (χ4n) is 1.81. The molecule has 86 valence electrons. The van der Waals surface area contributed by atoms with Crippen LogP contribution < -0.4 is 0 Å². The van der Waals surface area contributed by atoms with Crippen LogP contribution in [0.15, 0.2) is 30.3 Å². The predicted molar refractivity (Wildman–Crippen MR) is 69.4 cm³/mol. The van der Waals surface area contributed by atoms with Crippen LogP contribution in [-0.2, 0) is 4.79 Å². The third kappa shape index (κ3) is 3.65. The van der Waals surface area contributed by atoms with E-state index in [-0.39, 0.29) is 0 Å². The summed E-state index contributed by atoms with van der Waals surface area (Å²) in [5.41, 5.74) is 3.89. The van der Waals surface area contributed by atoms with Crippen LogP contribution in [-0.4, -0.2) is 6.29 Å². The van der Waals surface area contributed by atoms with Crippen LogP contribution in [0.5, 0.6) is 0 Å². The molecule has 0 aliphatic heterocycles. The van der Waals surface area contributed by atoms with Crippen molar-refractivity contribution in [3.05, 3.63) is 41.5 Å². The molecule has 1 rings (SSSR count). The van der Waals surface area contributed by atoms with Crippen LogP contribution in [0.3, 0.4) is 0 Å². The standard InChI is InChI=1S/C15H20O/c1-3-4-9-14(10-7-12-16)15-11-6-5-8-13(15)2/h5-6,8-9,11-12H,3-4,7,10H2,1-2H3. The Bertz CT molecular complexity index is 363. The summed E-state index contributed by atoms with van der Waals surface area (Å²) in [6.07, 6.45) is 6.97. The Hall–Kier alpha value is -1.37. The van der Waals surface area contributed by atoms with E-state index in [9.17, 15) is 4.79 Å². The van der Waals surface area contributed by atoms with Crippen molar-refractivity contribution in [1.29, 1.82) is 0 Å². The lowest BCUT2D eigenvalue weighted by atomic mass is 9.96. The second-order valence-electron chi connectivity index (χ2n) is 4.04. The quantitative estimate of drug-likeness (QED) is 0.653. The van der Waals surface area contributed by atoms with Gasteiger partial charge in [0.15, 0.2) is 0 Å². The van der Waals surface area contributed by atoms with E-state index in [1.807, 2.05) is 0 Å². The Morgan fingerprint density at radius 3 is 2.62 bits per heavy atom. The van der Waals surface area contributed by atoms with Crippen molar-refractivity contribution in [3.8, 4) is 0 Å². The maximum atomic E-state index is 10.5. The van der Waals surface area contributed by atoms with Crippen molar-refractivity contribution in [2.75, 3.05) is 0 Å². The zero-order valence-electron chi connectivity index (χ0n) is 10.2. The Balaban J connectivity index is 2.91. The van der Waals surface area contributed by atoms with Gasteiger partial charge in [-0.05, 0) is 36.5 Å². The number of rotatable bonds is 6. The first-order chi connectivity index (χ1) is 7.79. The number of hydrogen-bond donors (Lipinski definition) is 0. The second-order valence-corrected chi connectivity index (χ2v) is 4.04. The molecule has 0 saturated carbocycles. The molecular weight excluding hydrogens is 196 g/mol. The lowest BCUT2D eigenvalue weighted by Gasteiger charge is -2.09. The lowest BCUT2D eigenvalue weighted by Crippen LogP contribution is -1.90. The molecule has 1 aromatic carbocycles. The first-order valence-corrected chi connectivity index (χ1v) is 5.98. The van der Waals surface area contributed by atoms with E-state index in [2.05, 4.69) is 44.2 Å². The van der Waals surface area contributed by atoms with Crippen LogP contribution in [0.1, 0.15) is 43.7 Å². The summed E-state index contributed by atoms with van der Waals surface area (Å²) in [5, 5.41) is 0. The average Bonchev–Trinajstić information content (AvgIpc) is 2.31. The molecule has 0 N–H and O–H groups in total. The normalized spacial score (nSPS) is 11.5. The van der Waals surface area contributed by atoms with E-state index in [4.69, 9.17) is 0 Å². The minimum Gasteiger partial charge on any atom is -0.303 e. The van der Waals surface area contributed by atoms with E-state index < -0.39 is 0 Å². The van der Waals surface area contributed by atoms with Crippen molar-refractivity contribution in [2.45, 2.75) is 39.5 Å². The first kappa shape index (κ1) is 12.7. The number of carbonyl (C=O) groups is 1. The molecule has 1 heteroatoms. The van der Waals surface area contributed by atoms with Gasteiger partial charge >= 0.3 is 0 Å². The van der Waals surface area contributed by atoms with Gasteiger partial charge in [0.05, 0.1) is 0 Å². The third-order valence-corrected chi connectivity index (χ3v) is 2.70. The van der Waals surface area contributed by atoms with Crippen molar-refractivity contribution in [1.82, 2.24) is 0 Å². The van der Waals surface area contributed by atoms with Gasteiger partial charge in [0.25, 0.3) is 0 Å². The number of benzene rings is 1. The van der Waals surface area contributed by atoms with Gasteiger partial charge in [-0.15, -0.1) is 0 Å². The molecule has 0 saturated heterocycles. The Labute approximate surface area is 98.2 Å². The molecule has 0 unspecified atom stereocenters. The van der Waals surface area contributed by atoms with Crippen LogP contribution >= 0.6 is 0 Å². The van der Waals surface area contributed by atoms with E-state index in [0.717, 1.165) is 25.5 Å². The summed E-state index contributed by atoms with van der Waals surface area (Å²) in [7, 11) is 0. The predicted octanol–water partition coefficient (Wildman–Crippen LogP) is 4.16. The largest absolute Gasteiger partial charge is 0.303 e. The number of unbranched alkanes of at least 4 members (excludes halogenated alkanes) is 1. The highest BCUT2D eigenvalue weighted by molar-refractivity contribution is 5.70. The van der Waals surface area contributed by atoms with E-state index >= 15 is 0 Å². The number of allylic oxidation sites excluding steroid dienone is 2. The van der Waals surface area contributed by atoms with Gasteiger partial charge in [-0.2, -0.15) is 0 Å². The smallest absolute Gasteiger partial charge is 0.120 e. The molecule has 0 aromatic heterocycles. The Kier molecular flexibility index (Phi) is 5.55. The Morgan fingerprint density at radius 1 is 1.25 bits per heavy atom. The molecule has 0 fully saturated rings. The van der Waals surface area contributed by atoms with Crippen LogP contribution in [0.4, 0.5) is 0 Å². The van der Waals surface area contributed by atoms with Crippen molar-refractivity contribution < 1.29 is 4.79 Å². The third-order valence-electron chi connectivity index (χ3n) is 2.70. The molecule has 0 heterocycles. The van der Waals surface area contributed by atoms with Crippen molar-refractivity contribution in [2.24, 2.45) is 0 Å². The topological polar surface area (TPSA) is 17.1 Å². The van der Waals surface area contributed by atoms with Crippen LogP contribution in [0, 0.1) is 6.92 Å². The molecule has 0 spiro atoms. The first-order valence-electron chi connectivity index (χ1n) is 5.98. The van der Waals surface area contributed by atoms with Gasteiger partial charge in [-0.25, -0.2) is 0 Å². The number of aldehydes is 1. The molecule has 1 aromatic rings. The molecule has 0 aliphatic rings. The molecule has 0 aliphatic carbocycles. The maximum absolute atomic E-state index is 10.5. The zero-order chi connectivity index (χ0) is 11.8. The van der Waals surface area contributed by atoms with Gasteiger partial charge in [0.1, 0.15) is 6.29 Å². The monoisotopic (exact) mass is 216 g/mol. The molecule has 16 heavy (non-hydrogen) atoms. The van der Waals surface area contributed by atoms with Gasteiger partial charge < -0.3 is 4.79 Å². The summed E-state index contributed by atoms with van der Waals surface area (Å²) in [6, 6.07) is 8.37. The minimum atomic E-state index is 0.615. The van der Waals surface area contributed by atoms with Crippen molar-refractivity contribution in [3.63, 3.8) is 0 Å². The highest BCUT2D eigenvalue weighted by atomic mass is 16.1. The maximum Gasteiger partial charge on any atom is 0.120 e. The Morgan fingerprint density at radius 2 is 2.00 bits per heavy atom. The number of carbonyl (C=O) groups excluding carboxylic acids is 1. The number of aryl methyl sites for hydroxylation is 1. The van der Waals surface area contributed by atoms with E-state index in [1.165, 1.54) is 16.7 Å². The van der Waals surface area contributed by atoms with Crippen LogP contribution in [0.2, 0.25) is 0 Å². The number of hydrogen-bond acceptors (Lipinski definition) is 1. The fraction of sp³-hybridized carbons (Fsp3) is 0.400. The summed E-state index contributed by atoms with van der Waals surface area (Å²) in [6.45, 7) is 4.29. The average molecular weight is 216 g/mol. The van der Waals surface area contributed by atoms with Crippen molar-refractivity contribution >= 4 is 11.9 Å². The van der Waals surface area contributed by atoms with E-state index in [1.54, 1.807) is 0 Å². The van der Waals surface area contributed by atoms with Crippen LogP contribution in [0.25, 0.3) is 5.57 Å². The molecule has 0 amide bonds. The molecule has 0 bridgehead atoms. The lowest BCUT2D eigenvalue weighted by molar-refractivity contribution is -0.107. The van der Waals surface area contributed by atoms with Gasteiger partial charge in [0, 0.05) is 6.42 Å². The molecule has 1 nitrogen and oxygen atoms in total. The molecule has 0 atom stereocenters. The van der Waals surface area contributed by atoms with Gasteiger partial charge in [-0.3, -0.25) is 0 Å². The zero-order valence-corrected chi connectivity index (χ0v) is 10.2. The summed E-state index contributed by atoms with van der Waals surface area (Å²) < 4.78 is 0. The highest BCUT2D eigenvalue weighted by Gasteiger charge is 2.03. The van der Waals surface area contributed by atoms with Gasteiger partial charge in [-0.1, -0.05) is 43.7 Å². The SMILES string of the molecule is CCCC=C(CCC=O)c1ccccc1C. The molecular formula is C15H20O. The minimum absolute atomic E-state index is 0.615. The molecule has 0 radical (unpaired) electrons. The summed E-state index contributed by atoms with van der Waals surface area (Å²) in [4.78, 5) is 10.5. The second kappa shape index (κ2) is 7.00. The summed E-state index contributed by atoms with van der Waals surface area (Å²) >= 11 is 0. The van der Waals surface area contributed by atoms with Gasteiger partial charge in [0.2, 0.25) is 0 Å².